The van der Waals surface area contributed by atoms with Crippen molar-refractivity contribution in [2.45, 2.75) is 6.42 Å². The van der Waals surface area contributed by atoms with Gasteiger partial charge >= 0.3 is 0 Å². The van der Waals surface area contributed by atoms with Gasteiger partial charge in [0.15, 0.2) is 0 Å². The topological polar surface area (TPSA) is 67.2 Å². The van der Waals surface area contributed by atoms with Crippen LogP contribution in [0.1, 0.15) is 6.42 Å². The summed E-state index contributed by atoms with van der Waals surface area (Å²) in [6.45, 7) is 0.487. The van der Waals surface area contributed by atoms with Crippen LogP contribution in [0.4, 0.5) is 11.4 Å². The number of nitrogens with zero attached hydrogens (tertiary/aromatic N) is 3. The molecule has 8 heteroatoms. The highest BCUT2D eigenvalue weighted by Crippen LogP contribution is 2.32. The molecule has 1 N–H and O–H groups in total. The van der Waals surface area contributed by atoms with Crippen LogP contribution in [0.15, 0.2) is 65.4 Å². The number of aromatic nitrogens is 2. The molecule has 2 heterocycles. The Labute approximate surface area is 175 Å². The summed E-state index contributed by atoms with van der Waals surface area (Å²) >= 11 is 9.57. The molecule has 0 radical (unpaired) electrons. The molecular weight excluding hydrogens is 444 g/mol. The second-order valence-electron chi connectivity index (χ2n) is 6.38. The highest BCUT2D eigenvalue weighted by atomic mass is 79.9. The molecule has 2 amide bonds. The van der Waals surface area contributed by atoms with Crippen molar-refractivity contribution in [1.29, 1.82) is 0 Å². The van der Waals surface area contributed by atoms with Crippen molar-refractivity contribution in [1.82, 2.24) is 9.78 Å². The summed E-state index contributed by atoms with van der Waals surface area (Å²) in [6.07, 6.45) is 3.87. The van der Waals surface area contributed by atoms with Crippen molar-refractivity contribution in [3.63, 3.8) is 0 Å². The van der Waals surface area contributed by atoms with Gasteiger partial charge in [0, 0.05) is 28.4 Å². The molecule has 1 saturated heterocycles. The number of para-hydroxylation sites is 1. The molecule has 1 unspecified atom stereocenters. The zero-order valence-electron chi connectivity index (χ0n) is 14.7. The first kappa shape index (κ1) is 18.7. The van der Waals surface area contributed by atoms with Gasteiger partial charge in [-0.15, -0.1) is 0 Å². The summed E-state index contributed by atoms with van der Waals surface area (Å²) in [5, 5.41) is 7.54. The zero-order valence-corrected chi connectivity index (χ0v) is 17.0. The van der Waals surface area contributed by atoms with Crippen molar-refractivity contribution < 1.29 is 9.59 Å². The van der Waals surface area contributed by atoms with Gasteiger partial charge in [0.05, 0.1) is 17.1 Å². The predicted octanol–water partition coefficient (Wildman–Crippen LogP) is 4.28. The van der Waals surface area contributed by atoms with E-state index in [4.69, 9.17) is 11.6 Å². The number of halogens is 2. The molecule has 28 heavy (non-hydrogen) atoms. The van der Waals surface area contributed by atoms with Crippen molar-refractivity contribution >= 4 is 50.7 Å². The Hall–Kier alpha value is -2.64. The van der Waals surface area contributed by atoms with E-state index in [0.717, 1.165) is 10.2 Å². The first-order chi connectivity index (χ1) is 13.5. The van der Waals surface area contributed by atoms with Gasteiger partial charge in [-0.2, -0.15) is 5.10 Å². The minimum atomic E-state index is -0.753. The number of amides is 2. The predicted molar refractivity (Wildman–Crippen MR) is 112 cm³/mol. The van der Waals surface area contributed by atoms with Gasteiger partial charge in [-0.1, -0.05) is 23.7 Å². The van der Waals surface area contributed by atoms with Crippen LogP contribution in [-0.4, -0.2) is 28.1 Å². The maximum atomic E-state index is 12.9. The molecule has 1 fully saturated rings. The SMILES string of the molecule is O=C(Nc1cc(Cl)ccc1-n1cccn1)C1CCN(c2ccccc2Br)C1=O. The third kappa shape index (κ3) is 3.55. The number of hydrogen-bond donors (Lipinski definition) is 1. The maximum Gasteiger partial charge on any atom is 0.239 e. The Morgan fingerprint density at radius 2 is 2.00 bits per heavy atom. The lowest BCUT2D eigenvalue weighted by Gasteiger charge is -2.18. The number of carbonyl (C=O) groups excluding carboxylic acids is 2. The van der Waals surface area contributed by atoms with E-state index in [0.29, 0.717) is 29.4 Å². The highest BCUT2D eigenvalue weighted by Gasteiger charge is 2.38. The number of anilines is 2. The number of carbonyl (C=O) groups is 2. The summed E-state index contributed by atoms with van der Waals surface area (Å²) in [5.41, 5.74) is 1.95. The van der Waals surface area contributed by atoms with E-state index in [1.54, 1.807) is 46.2 Å². The average Bonchev–Trinajstić information content (AvgIpc) is 3.32. The summed E-state index contributed by atoms with van der Waals surface area (Å²) < 4.78 is 2.45. The van der Waals surface area contributed by atoms with Crippen molar-refractivity contribution in [3.05, 3.63) is 70.4 Å². The molecule has 1 aliphatic heterocycles. The summed E-state index contributed by atoms with van der Waals surface area (Å²) in [7, 11) is 0. The monoisotopic (exact) mass is 458 g/mol. The fourth-order valence-electron chi connectivity index (χ4n) is 3.27. The Morgan fingerprint density at radius 3 is 2.75 bits per heavy atom. The van der Waals surface area contributed by atoms with Gasteiger partial charge in [-0.25, -0.2) is 4.68 Å². The van der Waals surface area contributed by atoms with Crippen molar-refractivity contribution in [3.8, 4) is 5.69 Å². The largest absolute Gasteiger partial charge is 0.323 e. The quantitative estimate of drug-likeness (QED) is 0.592. The van der Waals surface area contributed by atoms with Gasteiger partial charge in [-0.05, 0) is 58.7 Å². The molecule has 142 valence electrons. The molecule has 4 rings (SSSR count). The van der Waals surface area contributed by atoms with E-state index in [9.17, 15) is 9.59 Å². The lowest BCUT2D eigenvalue weighted by atomic mass is 10.1. The number of rotatable bonds is 4. The molecule has 0 saturated carbocycles. The smallest absolute Gasteiger partial charge is 0.239 e. The molecule has 3 aromatic rings. The standard InChI is InChI=1S/C20H16BrClN4O2/c21-15-4-1-2-5-17(15)25-11-8-14(20(25)28)19(27)24-16-12-13(22)6-7-18(16)26-10-3-9-23-26/h1-7,9-10,12,14H,8,11H2,(H,24,27). The molecule has 0 bridgehead atoms. The molecule has 0 aliphatic carbocycles. The third-order valence-electron chi connectivity index (χ3n) is 4.63. The number of hydrogen-bond acceptors (Lipinski definition) is 3. The van der Waals surface area contributed by atoms with E-state index in [-0.39, 0.29) is 11.8 Å². The summed E-state index contributed by atoms with van der Waals surface area (Å²) in [5.74, 6) is -1.32. The van der Waals surface area contributed by atoms with Crippen LogP contribution in [0, 0.1) is 5.92 Å². The fraction of sp³-hybridized carbons (Fsp3) is 0.150. The molecule has 6 nitrogen and oxygen atoms in total. The van der Waals surface area contributed by atoms with Gasteiger partial charge < -0.3 is 10.2 Å². The lowest BCUT2D eigenvalue weighted by molar-refractivity contribution is -0.129. The van der Waals surface area contributed by atoms with E-state index >= 15 is 0 Å². The van der Waals surface area contributed by atoms with Gasteiger partial charge in [0.2, 0.25) is 11.8 Å². The maximum absolute atomic E-state index is 12.9. The van der Waals surface area contributed by atoms with E-state index in [1.165, 1.54) is 0 Å². The molecular formula is C20H16BrClN4O2. The first-order valence-corrected chi connectivity index (χ1v) is 9.88. The molecule has 1 atom stereocenters. The van der Waals surface area contributed by atoms with E-state index < -0.39 is 5.92 Å². The Kier molecular flexibility index (Phi) is 5.19. The lowest BCUT2D eigenvalue weighted by Crippen LogP contribution is -2.33. The molecule has 1 aromatic heterocycles. The number of benzene rings is 2. The zero-order chi connectivity index (χ0) is 19.7. The van der Waals surface area contributed by atoms with Gasteiger partial charge in [0.25, 0.3) is 0 Å². The van der Waals surface area contributed by atoms with Crippen LogP contribution >= 0.6 is 27.5 Å². The van der Waals surface area contributed by atoms with Crippen LogP contribution in [0.2, 0.25) is 5.02 Å². The molecule has 0 spiro atoms. The number of nitrogens with one attached hydrogen (secondary N) is 1. The van der Waals surface area contributed by atoms with Crippen LogP contribution in [-0.2, 0) is 9.59 Å². The van der Waals surface area contributed by atoms with Gasteiger partial charge in [0.1, 0.15) is 5.92 Å². The fourth-order valence-corrected chi connectivity index (χ4v) is 3.94. The van der Waals surface area contributed by atoms with Crippen molar-refractivity contribution in [2.24, 2.45) is 5.92 Å². The van der Waals surface area contributed by atoms with Gasteiger partial charge in [-0.3, -0.25) is 9.59 Å². The second-order valence-corrected chi connectivity index (χ2v) is 7.67. The molecule has 1 aliphatic rings. The average molecular weight is 460 g/mol. The minimum absolute atomic E-state index is 0.216. The summed E-state index contributed by atoms with van der Waals surface area (Å²) in [4.78, 5) is 27.4. The van der Waals surface area contributed by atoms with Crippen LogP contribution in [0.5, 0.6) is 0 Å². The van der Waals surface area contributed by atoms with E-state index in [2.05, 4.69) is 26.3 Å². The van der Waals surface area contributed by atoms with Crippen molar-refractivity contribution in [2.75, 3.05) is 16.8 Å². The minimum Gasteiger partial charge on any atom is -0.323 e. The van der Waals surface area contributed by atoms with Crippen LogP contribution < -0.4 is 10.2 Å². The molecule has 2 aromatic carbocycles. The second kappa shape index (κ2) is 7.77. The third-order valence-corrected chi connectivity index (χ3v) is 5.54. The Balaban J connectivity index is 1.56. The van der Waals surface area contributed by atoms with E-state index in [1.807, 2.05) is 24.3 Å². The normalized spacial score (nSPS) is 16.4. The highest BCUT2D eigenvalue weighted by molar-refractivity contribution is 9.10. The Bertz CT molecular complexity index is 1040. The summed E-state index contributed by atoms with van der Waals surface area (Å²) in [6, 6.07) is 14.4. The van der Waals surface area contributed by atoms with Crippen LogP contribution in [0.3, 0.4) is 0 Å². The Morgan fingerprint density at radius 1 is 1.18 bits per heavy atom. The van der Waals surface area contributed by atoms with Crippen LogP contribution in [0.25, 0.3) is 5.69 Å². The first-order valence-electron chi connectivity index (χ1n) is 8.71.